The normalized spacial score (nSPS) is 19.7. The fourth-order valence-electron chi connectivity index (χ4n) is 1.79. The molecule has 0 bridgehead atoms. The molecule has 0 radical (unpaired) electrons. The van der Waals surface area contributed by atoms with Crippen molar-refractivity contribution < 1.29 is 14.7 Å². The minimum absolute atomic E-state index is 0.0780. The maximum atomic E-state index is 11.6. The lowest BCUT2D eigenvalue weighted by molar-refractivity contribution is -0.141. The number of carboxylic acid groups (broad SMARTS) is 1. The number of carboxylic acids is 1. The first kappa shape index (κ1) is 11.5. The van der Waals surface area contributed by atoms with Crippen LogP contribution in [0.1, 0.15) is 17.8 Å². The SMILES string of the molecule is Cc1cnc(CN2CC(C(=O)O)CC2=O)cn1. The fraction of sp³-hybridized carbons (Fsp3) is 0.455. The lowest BCUT2D eigenvalue weighted by Gasteiger charge is -2.14. The highest BCUT2D eigenvalue weighted by molar-refractivity contribution is 5.85. The van der Waals surface area contributed by atoms with Crippen LogP contribution in [0.4, 0.5) is 0 Å². The van der Waals surface area contributed by atoms with Gasteiger partial charge in [-0.3, -0.25) is 19.6 Å². The predicted octanol–water partition coefficient (Wildman–Crippen LogP) is 0.218. The summed E-state index contributed by atoms with van der Waals surface area (Å²) >= 11 is 0. The van der Waals surface area contributed by atoms with Gasteiger partial charge in [-0.25, -0.2) is 0 Å². The first-order valence-corrected chi connectivity index (χ1v) is 5.34. The summed E-state index contributed by atoms with van der Waals surface area (Å²) in [7, 11) is 0. The topological polar surface area (TPSA) is 83.4 Å². The van der Waals surface area contributed by atoms with Crippen LogP contribution in [-0.2, 0) is 16.1 Å². The number of carbonyl (C=O) groups excluding carboxylic acids is 1. The van der Waals surface area contributed by atoms with E-state index in [-0.39, 0.29) is 18.9 Å². The highest BCUT2D eigenvalue weighted by atomic mass is 16.4. The minimum atomic E-state index is -0.921. The molecule has 6 nitrogen and oxygen atoms in total. The quantitative estimate of drug-likeness (QED) is 0.810. The van der Waals surface area contributed by atoms with Crippen LogP contribution in [0.3, 0.4) is 0 Å². The molecule has 1 aliphatic heterocycles. The van der Waals surface area contributed by atoms with E-state index in [0.717, 1.165) is 5.69 Å². The summed E-state index contributed by atoms with van der Waals surface area (Å²) in [5.41, 5.74) is 1.49. The predicted molar refractivity (Wildman–Crippen MR) is 57.9 cm³/mol. The number of nitrogens with zero attached hydrogens (tertiary/aromatic N) is 3. The van der Waals surface area contributed by atoms with Crippen molar-refractivity contribution in [2.45, 2.75) is 19.9 Å². The Morgan fingerprint density at radius 2 is 2.29 bits per heavy atom. The van der Waals surface area contributed by atoms with Crippen LogP contribution >= 0.6 is 0 Å². The molecule has 0 aromatic carbocycles. The number of carbonyl (C=O) groups is 2. The van der Waals surface area contributed by atoms with Gasteiger partial charge in [-0.2, -0.15) is 0 Å². The van der Waals surface area contributed by atoms with Gasteiger partial charge in [0.05, 0.1) is 30.0 Å². The van der Waals surface area contributed by atoms with Crippen molar-refractivity contribution in [1.82, 2.24) is 14.9 Å². The second-order valence-electron chi connectivity index (χ2n) is 4.16. The number of hydrogen-bond acceptors (Lipinski definition) is 4. The zero-order chi connectivity index (χ0) is 12.4. The lowest BCUT2D eigenvalue weighted by Crippen LogP contribution is -2.26. The van der Waals surface area contributed by atoms with Crippen molar-refractivity contribution >= 4 is 11.9 Å². The second-order valence-corrected chi connectivity index (χ2v) is 4.16. The molecule has 1 fully saturated rings. The zero-order valence-electron chi connectivity index (χ0n) is 9.46. The van der Waals surface area contributed by atoms with E-state index in [4.69, 9.17) is 5.11 Å². The van der Waals surface area contributed by atoms with E-state index in [1.165, 1.54) is 4.90 Å². The van der Waals surface area contributed by atoms with Crippen LogP contribution in [0, 0.1) is 12.8 Å². The van der Waals surface area contributed by atoms with Crippen molar-refractivity contribution in [2.75, 3.05) is 6.54 Å². The number of aromatic nitrogens is 2. The summed E-state index contributed by atoms with van der Waals surface area (Å²) < 4.78 is 0. The largest absolute Gasteiger partial charge is 0.481 e. The van der Waals surface area contributed by atoms with E-state index in [0.29, 0.717) is 12.2 Å². The number of rotatable bonds is 3. The Hall–Kier alpha value is -1.98. The Bertz CT molecular complexity index is 444. The Balaban J connectivity index is 2.02. The summed E-state index contributed by atoms with van der Waals surface area (Å²) in [4.78, 5) is 32.1. The van der Waals surface area contributed by atoms with Gasteiger partial charge in [-0.15, -0.1) is 0 Å². The maximum Gasteiger partial charge on any atom is 0.308 e. The van der Waals surface area contributed by atoms with Crippen LogP contribution in [0.2, 0.25) is 0 Å². The van der Waals surface area contributed by atoms with Gasteiger partial charge in [0.15, 0.2) is 0 Å². The second kappa shape index (κ2) is 4.48. The molecule has 6 heteroatoms. The van der Waals surface area contributed by atoms with Gasteiger partial charge < -0.3 is 10.0 Å². The molecule has 1 unspecified atom stereocenters. The molecule has 1 saturated heterocycles. The first-order chi connectivity index (χ1) is 8.06. The number of amides is 1. The smallest absolute Gasteiger partial charge is 0.308 e. The molecule has 1 aliphatic rings. The van der Waals surface area contributed by atoms with Crippen LogP contribution < -0.4 is 0 Å². The molecular formula is C11H13N3O3. The molecule has 0 saturated carbocycles. The van der Waals surface area contributed by atoms with E-state index in [1.54, 1.807) is 12.4 Å². The Kier molecular flexibility index (Phi) is 3.03. The monoisotopic (exact) mass is 235 g/mol. The summed E-state index contributed by atoms with van der Waals surface area (Å²) in [6, 6.07) is 0. The molecule has 17 heavy (non-hydrogen) atoms. The summed E-state index contributed by atoms with van der Waals surface area (Å²) in [6.07, 6.45) is 3.32. The third kappa shape index (κ3) is 2.58. The third-order valence-corrected chi connectivity index (χ3v) is 2.75. The zero-order valence-corrected chi connectivity index (χ0v) is 9.46. The summed E-state index contributed by atoms with van der Waals surface area (Å²) in [6.45, 7) is 2.41. The Morgan fingerprint density at radius 1 is 1.53 bits per heavy atom. The standard InChI is InChI=1S/C11H13N3O3/c1-7-3-13-9(4-12-7)6-14-5-8(11(16)17)2-10(14)15/h3-4,8H,2,5-6H2,1H3,(H,16,17). The van der Waals surface area contributed by atoms with Gasteiger partial charge in [0.2, 0.25) is 5.91 Å². The third-order valence-electron chi connectivity index (χ3n) is 2.75. The van der Waals surface area contributed by atoms with Crippen molar-refractivity contribution in [3.8, 4) is 0 Å². The number of aliphatic carboxylic acids is 1. The summed E-state index contributed by atoms with van der Waals surface area (Å²) in [5.74, 6) is -1.66. The van der Waals surface area contributed by atoms with Crippen molar-refractivity contribution in [1.29, 1.82) is 0 Å². The lowest BCUT2D eigenvalue weighted by atomic mass is 10.1. The van der Waals surface area contributed by atoms with E-state index in [1.807, 2.05) is 6.92 Å². The molecule has 1 atom stereocenters. The minimum Gasteiger partial charge on any atom is -0.481 e. The van der Waals surface area contributed by atoms with E-state index < -0.39 is 11.9 Å². The van der Waals surface area contributed by atoms with Gasteiger partial charge >= 0.3 is 5.97 Å². The highest BCUT2D eigenvalue weighted by Gasteiger charge is 2.34. The van der Waals surface area contributed by atoms with Crippen molar-refractivity contribution in [2.24, 2.45) is 5.92 Å². The fourth-order valence-corrected chi connectivity index (χ4v) is 1.79. The van der Waals surface area contributed by atoms with Crippen molar-refractivity contribution in [3.63, 3.8) is 0 Å². The number of likely N-dealkylation sites (tertiary alicyclic amines) is 1. The highest BCUT2D eigenvalue weighted by Crippen LogP contribution is 2.19. The van der Waals surface area contributed by atoms with Gasteiger partial charge in [0, 0.05) is 19.2 Å². The molecule has 2 rings (SSSR count). The molecule has 2 heterocycles. The van der Waals surface area contributed by atoms with Crippen LogP contribution in [0.15, 0.2) is 12.4 Å². The number of aryl methyl sites for hydroxylation is 1. The molecule has 1 aromatic heterocycles. The van der Waals surface area contributed by atoms with Crippen LogP contribution in [0.25, 0.3) is 0 Å². The van der Waals surface area contributed by atoms with Crippen LogP contribution in [-0.4, -0.2) is 38.4 Å². The maximum absolute atomic E-state index is 11.6. The van der Waals surface area contributed by atoms with Crippen LogP contribution in [0.5, 0.6) is 0 Å². The van der Waals surface area contributed by atoms with E-state index in [9.17, 15) is 9.59 Å². The average Bonchev–Trinajstić information content (AvgIpc) is 2.64. The van der Waals surface area contributed by atoms with Gasteiger partial charge in [0.25, 0.3) is 0 Å². The Morgan fingerprint density at radius 3 is 2.82 bits per heavy atom. The van der Waals surface area contributed by atoms with Gasteiger partial charge in [-0.05, 0) is 6.92 Å². The molecule has 0 spiro atoms. The molecule has 1 amide bonds. The van der Waals surface area contributed by atoms with Gasteiger partial charge in [0.1, 0.15) is 0 Å². The molecular weight excluding hydrogens is 222 g/mol. The van der Waals surface area contributed by atoms with Crippen molar-refractivity contribution in [3.05, 3.63) is 23.8 Å². The molecule has 1 aromatic rings. The van der Waals surface area contributed by atoms with E-state index in [2.05, 4.69) is 9.97 Å². The number of hydrogen-bond donors (Lipinski definition) is 1. The Labute approximate surface area is 98.3 Å². The van der Waals surface area contributed by atoms with Gasteiger partial charge in [-0.1, -0.05) is 0 Å². The first-order valence-electron chi connectivity index (χ1n) is 5.34. The van der Waals surface area contributed by atoms with E-state index >= 15 is 0 Å². The average molecular weight is 235 g/mol. The summed E-state index contributed by atoms with van der Waals surface area (Å²) in [5, 5.41) is 8.84. The molecule has 90 valence electrons. The molecule has 0 aliphatic carbocycles. The molecule has 1 N–H and O–H groups in total.